The molecule has 1 atom stereocenters. The van der Waals surface area contributed by atoms with Crippen LogP contribution in [0.5, 0.6) is 0 Å². The van der Waals surface area contributed by atoms with E-state index < -0.39 is 9.84 Å². The van der Waals surface area contributed by atoms with Gasteiger partial charge >= 0.3 is 0 Å². The second-order valence-electron chi connectivity index (χ2n) is 6.39. The quantitative estimate of drug-likeness (QED) is 0.707. The van der Waals surface area contributed by atoms with Crippen molar-refractivity contribution in [3.8, 4) is 0 Å². The summed E-state index contributed by atoms with van der Waals surface area (Å²) in [6.07, 6.45) is 4.39. The Balaban J connectivity index is 2.39. The highest BCUT2D eigenvalue weighted by Gasteiger charge is 2.23. The first-order valence-corrected chi connectivity index (χ1v) is 9.92. The summed E-state index contributed by atoms with van der Waals surface area (Å²) in [5, 5.41) is 3.52. The molecule has 1 N–H and O–H groups in total. The Kier molecular flexibility index (Phi) is 8.07. The zero-order chi connectivity index (χ0) is 15.0. The summed E-state index contributed by atoms with van der Waals surface area (Å²) in [6, 6.07) is 0.513. The third-order valence-corrected chi connectivity index (χ3v) is 5.72. The number of hydrogen-bond donors (Lipinski definition) is 1. The molecule has 1 aliphatic rings. The Labute approximate surface area is 125 Å². The number of likely N-dealkylation sites (tertiary alicyclic amines) is 1. The first kappa shape index (κ1) is 17.9. The van der Waals surface area contributed by atoms with E-state index in [4.69, 9.17) is 0 Å². The van der Waals surface area contributed by atoms with E-state index >= 15 is 0 Å². The van der Waals surface area contributed by atoms with Gasteiger partial charge in [0.1, 0.15) is 0 Å². The molecule has 0 aliphatic carbocycles. The Morgan fingerprint density at radius 1 is 1.25 bits per heavy atom. The highest BCUT2D eigenvalue weighted by Crippen LogP contribution is 2.16. The number of hydrogen-bond acceptors (Lipinski definition) is 4. The molecular formula is C15H32N2O2S. The lowest BCUT2D eigenvalue weighted by Crippen LogP contribution is -2.47. The number of nitrogens with zero attached hydrogens (tertiary/aromatic N) is 1. The van der Waals surface area contributed by atoms with E-state index in [0.717, 1.165) is 26.1 Å². The zero-order valence-electron chi connectivity index (χ0n) is 13.4. The van der Waals surface area contributed by atoms with Gasteiger partial charge in [0.25, 0.3) is 0 Å². The molecule has 5 heteroatoms. The first-order valence-electron chi connectivity index (χ1n) is 8.09. The van der Waals surface area contributed by atoms with Gasteiger partial charge in [-0.3, -0.25) is 4.90 Å². The molecule has 1 saturated heterocycles. The monoisotopic (exact) mass is 304 g/mol. The highest BCUT2D eigenvalue weighted by molar-refractivity contribution is 7.91. The summed E-state index contributed by atoms with van der Waals surface area (Å²) in [7, 11) is -2.85. The second-order valence-corrected chi connectivity index (χ2v) is 8.69. The van der Waals surface area contributed by atoms with Crippen molar-refractivity contribution < 1.29 is 8.42 Å². The molecule has 0 aromatic rings. The lowest BCUT2D eigenvalue weighted by atomic mass is 10.0. The molecule has 0 aromatic heterocycles. The molecule has 0 amide bonds. The molecule has 1 heterocycles. The molecule has 1 unspecified atom stereocenters. The molecule has 20 heavy (non-hydrogen) atoms. The van der Waals surface area contributed by atoms with Crippen molar-refractivity contribution in [1.29, 1.82) is 0 Å². The largest absolute Gasteiger partial charge is 0.315 e. The molecule has 0 radical (unpaired) electrons. The topological polar surface area (TPSA) is 49.4 Å². The van der Waals surface area contributed by atoms with Crippen molar-refractivity contribution in [3.05, 3.63) is 0 Å². The summed E-state index contributed by atoms with van der Waals surface area (Å²) >= 11 is 0. The lowest BCUT2D eigenvalue weighted by molar-refractivity contribution is 0.153. The van der Waals surface area contributed by atoms with E-state index in [0.29, 0.717) is 30.0 Å². The summed E-state index contributed by atoms with van der Waals surface area (Å²) in [5.41, 5.74) is 0. The van der Waals surface area contributed by atoms with Crippen LogP contribution in [0.3, 0.4) is 0 Å². The fourth-order valence-electron chi connectivity index (χ4n) is 2.79. The van der Waals surface area contributed by atoms with Gasteiger partial charge < -0.3 is 5.32 Å². The molecule has 0 aromatic carbocycles. The molecule has 0 spiro atoms. The van der Waals surface area contributed by atoms with Crippen LogP contribution in [0.2, 0.25) is 0 Å². The minimum atomic E-state index is -2.85. The standard InChI is InChI=1S/C15H32N2O2S/c1-4-10-20(18,19)11-9-17-8-6-5-7-15(17)13-16-12-14(2)3/h14-16H,4-13H2,1-3H3. The van der Waals surface area contributed by atoms with Crippen LogP contribution in [-0.2, 0) is 9.84 Å². The smallest absolute Gasteiger partial charge is 0.151 e. The van der Waals surface area contributed by atoms with E-state index in [1.807, 2.05) is 6.92 Å². The predicted molar refractivity (Wildman–Crippen MR) is 85.9 cm³/mol. The lowest BCUT2D eigenvalue weighted by Gasteiger charge is -2.36. The average molecular weight is 304 g/mol. The van der Waals surface area contributed by atoms with Gasteiger partial charge in [0.05, 0.1) is 5.75 Å². The molecule has 1 aliphatic heterocycles. The van der Waals surface area contributed by atoms with Gasteiger partial charge in [-0.2, -0.15) is 0 Å². The van der Waals surface area contributed by atoms with Gasteiger partial charge in [-0.15, -0.1) is 0 Å². The normalized spacial score (nSPS) is 21.5. The van der Waals surface area contributed by atoms with Gasteiger partial charge in [-0.05, 0) is 38.3 Å². The molecule has 1 fully saturated rings. The third kappa shape index (κ3) is 7.04. The van der Waals surface area contributed by atoms with E-state index in [2.05, 4.69) is 24.1 Å². The summed E-state index contributed by atoms with van der Waals surface area (Å²) in [5.74, 6) is 1.32. The van der Waals surface area contributed by atoms with Crippen molar-refractivity contribution in [1.82, 2.24) is 10.2 Å². The van der Waals surface area contributed by atoms with Gasteiger partial charge in [0, 0.05) is 24.9 Å². The Bertz CT molecular complexity index is 355. The highest BCUT2D eigenvalue weighted by atomic mass is 32.2. The number of sulfone groups is 1. The minimum absolute atomic E-state index is 0.321. The maximum atomic E-state index is 11.8. The molecule has 120 valence electrons. The fraction of sp³-hybridized carbons (Fsp3) is 1.00. The van der Waals surface area contributed by atoms with Crippen LogP contribution in [0.25, 0.3) is 0 Å². The van der Waals surface area contributed by atoms with E-state index in [9.17, 15) is 8.42 Å². The average Bonchev–Trinajstić information content (AvgIpc) is 2.37. The summed E-state index contributed by atoms with van der Waals surface area (Å²) in [4.78, 5) is 2.38. The first-order chi connectivity index (χ1) is 9.44. The van der Waals surface area contributed by atoms with Gasteiger partial charge in [0.15, 0.2) is 9.84 Å². The Morgan fingerprint density at radius 3 is 2.65 bits per heavy atom. The Hall–Kier alpha value is -0.130. The maximum absolute atomic E-state index is 11.8. The van der Waals surface area contributed by atoms with Gasteiger partial charge in [-0.25, -0.2) is 8.42 Å². The van der Waals surface area contributed by atoms with Gasteiger partial charge in [0.2, 0.25) is 0 Å². The third-order valence-electron chi connectivity index (χ3n) is 3.89. The second kappa shape index (κ2) is 9.00. The molecule has 0 saturated carbocycles. The fourth-order valence-corrected chi connectivity index (χ4v) is 4.13. The van der Waals surface area contributed by atoms with E-state index in [1.165, 1.54) is 19.3 Å². The van der Waals surface area contributed by atoms with Crippen LogP contribution in [0.15, 0.2) is 0 Å². The zero-order valence-corrected chi connectivity index (χ0v) is 14.2. The van der Waals surface area contributed by atoms with Gasteiger partial charge in [-0.1, -0.05) is 27.2 Å². The minimum Gasteiger partial charge on any atom is -0.315 e. The van der Waals surface area contributed by atoms with Crippen molar-refractivity contribution >= 4 is 9.84 Å². The molecule has 1 rings (SSSR count). The van der Waals surface area contributed by atoms with Crippen LogP contribution in [0.4, 0.5) is 0 Å². The number of rotatable bonds is 9. The molecule has 0 bridgehead atoms. The van der Waals surface area contributed by atoms with Crippen molar-refractivity contribution in [3.63, 3.8) is 0 Å². The van der Waals surface area contributed by atoms with Crippen molar-refractivity contribution in [2.75, 3.05) is 37.7 Å². The summed E-state index contributed by atoms with van der Waals surface area (Å²) < 4.78 is 23.7. The molecular weight excluding hydrogens is 272 g/mol. The number of piperidine rings is 1. The summed E-state index contributed by atoms with van der Waals surface area (Å²) in [6.45, 7) is 10.1. The van der Waals surface area contributed by atoms with Crippen molar-refractivity contribution in [2.45, 2.75) is 52.5 Å². The van der Waals surface area contributed by atoms with E-state index in [-0.39, 0.29) is 0 Å². The van der Waals surface area contributed by atoms with E-state index in [1.54, 1.807) is 0 Å². The van der Waals surface area contributed by atoms with Crippen LogP contribution >= 0.6 is 0 Å². The van der Waals surface area contributed by atoms with Crippen LogP contribution in [-0.4, -0.2) is 57.0 Å². The molecule has 4 nitrogen and oxygen atoms in total. The van der Waals surface area contributed by atoms with Crippen LogP contribution in [0, 0.1) is 5.92 Å². The van der Waals surface area contributed by atoms with Crippen LogP contribution in [0.1, 0.15) is 46.5 Å². The predicted octanol–water partition coefficient (Wildman–Crippen LogP) is 1.91. The SMILES string of the molecule is CCCS(=O)(=O)CCN1CCCCC1CNCC(C)C. The van der Waals surface area contributed by atoms with Crippen LogP contribution < -0.4 is 5.32 Å². The Morgan fingerprint density at radius 2 is 2.00 bits per heavy atom. The number of nitrogens with one attached hydrogen (secondary N) is 1. The van der Waals surface area contributed by atoms with Crippen molar-refractivity contribution in [2.24, 2.45) is 5.92 Å². The maximum Gasteiger partial charge on any atom is 0.151 e.